The highest BCUT2D eigenvalue weighted by Gasteiger charge is 2.20. The van der Waals surface area contributed by atoms with Gasteiger partial charge in [-0.2, -0.15) is 0 Å². The largest absolute Gasteiger partial charge is 0.341 e. The number of benzene rings is 3. The van der Waals surface area contributed by atoms with Crippen molar-refractivity contribution in [2.24, 2.45) is 4.99 Å². The van der Waals surface area contributed by atoms with E-state index in [1.54, 1.807) is 0 Å². The molecule has 0 aliphatic carbocycles. The molecule has 0 amide bonds. The number of guanidine groups is 1. The van der Waals surface area contributed by atoms with E-state index in [9.17, 15) is 0 Å². The Morgan fingerprint density at radius 3 is 2.00 bits per heavy atom. The van der Waals surface area contributed by atoms with Gasteiger partial charge in [-0.1, -0.05) is 54.6 Å². The van der Waals surface area contributed by atoms with Gasteiger partial charge >= 0.3 is 0 Å². The monoisotopic (exact) mass is 429 g/mol. The summed E-state index contributed by atoms with van der Waals surface area (Å²) in [5.41, 5.74) is 6.30. The van der Waals surface area contributed by atoms with Crippen molar-refractivity contribution in [2.75, 3.05) is 23.4 Å². The molecule has 0 radical (unpaired) electrons. The van der Waals surface area contributed by atoms with Crippen LogP contribution in [0.4, 0.5) is 17.1 Å². The van der Waals surface area contributed by atoms with E-state index >= 15 is 0 Å². The van der Waals surface area contributed by atoms with E-state index in [1.165, 1.54) is 6.42 Å². The molecule has 1 fully saturated rings. The molecule has 0 unspecified atom stereocenters. The molecule has 3 aromatic rings. The predicted octanol–water partition coefficient (Wildman–Crippen LogP) is 5.57. The van der Waals surface area contributed by atoms with Crippen LogP contribution >= 0.6 is 12.2 Å². The van der Waals surface area contributed by atoms with Gasteiger partial charge in [0, 0.05) is 18.8 Å². The fourth-order valence-electron chi connectivity index (χ4n) is 3.51. The number of hydrogen-bond donors (Lipinski definition) is 2. The third kappa shape index (κ3) is 5.83. The SMILES string of the molecule is S=C(Nc1ccccc1)N(NC(=Nc1ccccc1)N1CCCCC1)c1ccccc1. The van der Waals surface area contributed by atoms with Crippen LogP contribution in [0.3, 0.4) is 0 Å². The van der Waals surface area contributed by atoms with Crippen LogP contribution < -0.4 is 15.8 Å². The fraction of sp³-hybridized carbons (Fsp3) is 0.200. The summed E-state index contributed by atoms with van der Waals surface area (Å²) in [6, 6.07) is 30.1. The molecular weight excluding hydrogens is 402 g/mol. The molecule has 1 heterocycles. The maximum absolute atomic E-state index is 5.80. The molecule has 0 saturated carbocycles. The first-order chi connectivity index (χ1) is 15.3. The molecule has 6 heteroatoms. The highest BCUT2D eigenvalue weighted by molar-refractivity contribution is 7.80. The molecular formula is C25H27N5S. The zero-order chi connectivity index (χ0) is 21.3. The van der Waals surface area contributed by atoms with E-state index in [2.05, 4.69) is 15.6 Å². The summed E-state index contributed by atoms with van der Waals surface area (Å²) in [5.74, 6) is 0.798. The molecule has 3 aromatic carbocycles. The molecule has 1 saturated heterocycles. The number of rotatable bonds is 3. The molecule has 5 nitrogen and oxygen atoms in total. The maximum atomic E-state index is 5.80. The second-order valence-electron chi connectivity index (χ2n) is 7.40. The van der Waals surface area contributed by atoms with Crippen molar-refractivity contribution in [2.45, 2.75) is 19.3 Å². The summed E-state index contributed by atoms with van der Waals surface area (Å²) < 4.78 is 0. The molecule has 0 aromatic heterocycles. The Hall–Kier alpha value is -3.38. The lowest BCUT2D eigenvalue weighted by molar-refractivity contribution is 0.332. The topological polar surface area (TPSA) is 42.9 Å². The zero-order valence-electron chi connectivity index (χ0n) is 17.4. The highest BCUT2D eigenvalue weighted by atomic mass is 32.1. The van der Waals surface area contributed by atoms with Crippen LogP contribution in [-0.2, 0) is 0 Å². The average Bonchev–Trinajstić information content (AvgIpc) is 2.84. The van der Waals surface area contributed by atoms with E-state index in [-0.39, 0.29) is 0 Å². The Labute approximate surface area is 189 Å². The minimum absolute atomic E-state index is 0.551. The van der Waals surface area contributed by atoms with Crippen LogP contribution in [-0.4, -0.2) is 29.1 Å². The van der Waals surface area contributed by atoms with Gasteiger partial charge in [-0.3, -0.25) is 5.43 Å². The van der Waals surface area contributed by atoms with Crippen LogP contribution in [0, 0.1) is 0 Å². The summed E-state index contributed by atoms with van der Waals surface area (Å²) in [6.45, 7) is 1.94. The summed E-state index contributed by atoms with van der Waals surface area (Å²) in [6.07, 6.45) is 3.58. The number of piperidine rings is 1. The smallest absolute Gasteiger partial charge is 0.218 e. The minimum atomic E-state index is 0.551. The molecule has 2 N–H and O–H groups in total. The van der Waals surface area contributed by atoms with Crippen molar-refractivity contribution in [1.29, 1.82) is 0 Å². The predicted molar refractivity (Wildman–Crippen MR) is 134 cm³/mol. The summed E-state index contributed by atoms with van der Waals surface area (Å²) >= 11 is 5.80. The second-order valence-corrected chi connectivity index (χ2v) is 7.78. The standard InChI is InChI=1S/C25H27N5S/c31-25(27-22-15-7-2-8-16-22)30(23-17-9-3-10-18-23)28-24(29-19-11-4-12-20-29)26-21-13-5-1-6-14-21/h1-3,5-10,13-18H,4,11-12,19-20H2,(H,26,28)(H,27,31). The molecule has 158 valence electrons. The number of anilines is 2. The van der Waals surface area contributed by atoms with Gasteiger partial charge in [-0.25, -0.2) is 10.0 Å². The van der Waals surface area contributed by atoms with E-state index < -0.39 is 0 Å². The fourth-order valence-corrected chi connectivity index (χ4v) is 3.78. The number of thiocarbonyl (C=S) groups is 1. The summed E-state index contributed by atoms with van der Waals surface area (Å²) in [4.78, 5) is 7.24. The third-order valence-electron chi connectivity index (χ3n) is 5.10. The normalized spacial score (nSPS) is 14.1. The Balaban J connectivity index is 1.65. The number of likely N-dealkylation sites (tertiary alicyclic amines) is 1. The molecule has 31 heavy (non-hydrogen) atoms. The first-order valence-corrected chi connectivity index (χ1v) is 11.1. The average molecular weight is 430 g/mol. The van der Waals surface area contributed by atoms with Crippen LogP contribution in [0.1, 0.15) is 19.3 Å². The van der Waals surface area contributed by atoms with E-state index in [0.29, 0.717) is 5.11 Å². The number of para-hydroxylation sites is 3. The first kappa shape index (κ1) is 20.9. The van der Waals surface area contributed by atoms with Gasteiger partial charge in [-0.05, 0) is 67.9 Å². The lowest BCUT2D eigenvalue weighted by atomic mass is 10.1. The minimum Gasteiger partial charge on any atom is -0.341 e. The van der Waals surface area contributed by atoms with Crippen molar-refractivity contribution in [3.63, 3.8) is 0 Å². The van der Waals surface area contributed by atoms with Crippen LogP contribution in [0.5, 0.6) is 0 Å². The van der Waals surface area contributed by atoms with Gasteiger partial charge in [0.25, 0.3) is 0 Å². The number of nitrogens with zero attached hydrogens (tertiary/aromatic N) is 3. The van der Waals surface area contributed by atoms with Crippen LogP contribution in [0.15, 0.2) is 96.0 Å². The Morgan fingerprint density at radius 1 is 0.774 bits per heavy atom. The molecule has 0 atom stereocenters. The summed E-state index contributed by atoms with van der Waals surface area (Å²) in [5, 5.41) is 5.77. The highest BCUT2D eigenvalue weighted by Crippen LogP contribution is 2.18. The zero-order valence-corrected chi connectivity index (χ0v) is 18.3. The number of nitrogens with one attached hydrogen (secondary N) is 2. The van der Waals surface area contributed by atoms with Crippen molar-refractivity contribution < 1.29 is 0 Å². The molecule has 1 aliphatic rings. The van der Waals surface area contributed by atoms with Gasteiger partial charge < -0.3 is 10.2 Å². The number of hydrazine groups is 1. The molecule has 0 spiro atoms. The van der Waals surface area contributed by atoms with E-state index in [0.717, 1.165) is 49.0 Å². The Morgan fingerprint density at radius 2 is 1.35 bits per heavy atom. The maximum Gasteiger partial charge on any atom is 0.218 e. The summed E-state index contributed by atoms with van der Waals surface area (Å²) in [7, 11) is 0. The lowest BCUT2D eigenvalue weighted by Gasteiger charge is -2.34. The van der Waals surface area contributed by atoms with Crippen LogP contribution in [0.2, 0.25) is 0 Å². The second kappa shape index (κ2) is 10.6. The number of hydrogen-bond acceptors (Lipinski definition) is 2. The third-order valence-corrected chi connectivity index (χ3v) is 5.39. The van der Waals surface area contributed by atoms with E-state index in [4.69, 9.17) is 17.2 Å². The first-order valence-electron chi connectivity index (χ1n) is 10.7. The van der Waals surface area contributed by atoms with Gasteiger partial charge in [0.05, 0.1) is 11.4 Å². The Bertz CT molecular complexity index is 986. The van der Waals surface area contributed by atoms with Crippen molar-refractivity contribution in [1.82, 2.24) is 10.3 Å². The number of aliphatic imine (C=N–C) groups is 1. The van der Waals surface area contributed by atoms with Gasteiger partial charge in [0.1, 0.15) is 0 Å². The van der Waals surface area contributed by atoms with Crippen molar-refractivity contribution in [3.8, 4) is 0 Å². The quantitative estimate of drug-likeness (QED) is 0.247. The van der Waals surface area contributed by atoms with Crippen LogP contribution in [0.25, 0.3) is 0 Å². The van der Waals surface area contributed by atoms with Gasteiger partial charge in [0.2, 0.25) is 5.96 Å². The van der Waals surface area contributed by atoms with Crippen molar-refractivity contribution >= 4 is 40.4 Å². The molecule has 1 aliphatic heterocycles. The lowest BCUT2D eigenvalue weighted by Crippen LogP contribution is -2.54. The molecule has 0 bridgehead atoms. The van der Waals surface area contributed by atoms with Crippen molar-refractivity contribution in [3.05, 3.63) is 91.0 Å². The van der Waals surface area contributed by atoms with Gasteiger partial charge in [-0.15, -0.1) is 0 Å². The Kier molecular flexibility index (Phi) is 7.13. The van der Waals surface area contributed by atoms with Gasteiger partial charge in [0.15, 0.2) is 5.11 Å². The molecule has 4 rings (SSSR count). The van der Waals surface area contributed by atoms with E-state index in [1.807, 2.05) is 96.0 Å².